The number of amides is 2. The molecule has 3 aromatic rings. The Kier molecular flexibility index (Phi) is 6.68. The molecular formula is C23H24N4O2. The van der Waals surface area contributed by atoms with Gasteiger partial charge < -0.3 is 9.80 Å². The minimum absolute atomic E-state index is 0.163. The number of carbonyl (C=O) groups is 2. The van der Waals surface area contributed by atoms with Gasteiger partial charge in [0.1, 0.15) is 0 Å². The summed E-state index contributed by atoms with van der Waals surface area (Å²) in [4.78, 5) is 37.2. The smallest absolute Gasteiger partial charge is 0.259 e. The first-order valence-electron chi connectivity index (χ1n) is 9.56. The average molecular weight is 388 g/mol. The van der Waals surface area contributed by atoms with E-state index >= 15 is 0 Å². The Balaban J connectivity index is 1.72. The van der Waals surface area contributed by atoms with Crippen molar-refractivity contribution in [3.63, 3.8) is 0 Å². The highest BCUT2D eigenvalue weighted by Gasteiger charge is 2.19. The largest absolute Gasteiger partial charge is 0.341 e. The number of anilines is 1. The first-order valence-corrected chi connectivity index (χ1v) is 9.56. The van der Waals surface area contributed by atoms with Gasteiger partial charge in [0, 0.05) is 50.6 Å². The second-order valence-electron chi connectivity index (χ2n) is 6.68. The van der Waals surface area contributed by atoms with Crippen LogP contribution in [0.4, 0.5) is 5.69 Å². The van der Waals surface area contributed by atoms with Gasteiger partial charge in [-0.2, -0.15) is 0 Å². The van der Waals surface area contributed by atoms with Crippen molar-refractivity contribution >= 4 is 17.5 Å². The Labute approximate surface area is 170 Å². The van der Waals surface area contributed by atoms with Gasteiger partial charge in [-0.1, -0.05) is 18.2 Å². The van der Waals surface area contributed by atoms with E-state index in [1.165, 1.54) is 12.4 Å². The third-order valence-corrected chi connectivity index (χ3v) is 4.69. The molecule has 0 atom stereocenters. The van der Waals surface area contributed by atoms with E-state index in [-0.39, 0.29) is 11.8 Å². The summed E-state index contributed by atoms with van der Waals surface area (Å²) in [5, 5.41) is 0. The Morgan fingerprint density at radius 2 is 1.55 bits per heavy atom. The molecule has 0 unspecified atom stereocenters. The third-order valence-electron chi connectivity index (χ3n) is 4.69. The molecule has 29 heavy (non-hydrogen) atoms. The van der Waals surface area contributed by atoms with E-state index in [2.05, 4.69) is 9.97 Å². The lowest BCUT2D eigenvalue weighted by Crippen LogP contribution is -2.32. The van der Waals surface area contributed by atoms with E-state index in [1.54, 1.807) is 35.3 Å². The molecule has 6 heteroatoms. The summed E-state index contributed by atoms with van der Waals surface area (Å²) in [5.41, 5.74) is 2.72. The summed E-state index contributed by atoms with van der Waals surface area (Å²) in [6.07, 6.45) is 7.21. The molecule has 0 radical (unpaired) electrons. The van der Waals surface area contributed by atoms with Crippen LogP contribution in [0.25, 0.3) is 0 Å². The first kappa shape index (κ1) is 20.2. The molecule has 148 valence electrons. The number of likely N-dealkylation sites (N-methyl/N-ethyl adjacent to an activating group) is 1. The van der Waals surface area contributed by atoms with Crippen molar-refractivity contribution in [3.05, 3.63) is 90.0 Å². The molecule has 2 aromatic heterocycles. The second-order valence-corrected chi connectivity index (χ2v) is 6.68. The van der Waals surface area contributed by atoms with Crippen LogP contribution < -0.4 is 4.90 Å². The van der Waals surface area contributed by atoms with Crippen molar-refractivity contribution in [1.29, 1.82) is 0 Å². The summed E-state index contributed by atoms with van der Waals surface area (Å²) in [6, 6.07) is 14.9. The molecule has 0 bridgehead atoms. The molecule has 0 N–H and O–H groups in total. The number of para-hydroxylation sites is 1. The molecule has 2 heterocycles. The van der Waals surface area contributed by atoms with Gasteiger partial charge >= 0.3 is 0 Å². The Bertz CT molecular complexity index is 961. The zero-order chi connectivity index (χ0) is 20.6. The van der Waals surface area contributed by atoms with Crippen molar-refractivity contribution in [1.82, 2.24) is 14.9 Å². The van der Waals surface area contributed by atoms with Gasteiger partial charge in [0.05, 0.1) is 11.1 Å². The highest BCUT2D eigenvalue weighted by Crippen LogP contribution is 2.17. The lowest BCUT2D eigenvalue weighted by molar-refractivity contribution is 0.0796. The Morgan fingerprint density at radius 1 is 0.897 bits per heavy atom. The van der Waals surface area contributed by atoms with Gasteiger partial charge in [-0.25, -0.2) is 0 Å². The molecule has 3 rings (SSSR count). The number of hydrogen-bond acceptors (Lipinski definition) is 4. The number of aromatic nitrogens is 2. The maximum absolute atomic E-state index is 13.0. The van der Waals surface area contributed by atoms with Crippen LogP contribution in [0.2, 0.25) is 0 Å². The lowest BCUT2D eigenvalue weighted by atomic mass is 10.1. The van der Waals surface area contributed by atoms with Crippen LogP contribution in [0, 0.1) is 0 Å². The van der Waals surface area contributed by atoms with Crippen LogP contribution in [-0.4, -0.2) is 46.8 Å². The van der Waals surface area contributed by atoms with Gasteiger partial charge in [0.15, 0.2) is 0 Å². The third kappa shape index (κ3) is 5.04. The first-order chi connectivity index (χ1) is 14.1. The van der Waals surface area contributed by atoms with Crippen molar-refractivity contribution in [2.45, 2.75) is 13.3 Å². The van der Waals surface area contributed by atoms with Gasteiger partial charge in [-0.15, -0.1) is 0 Å². The number of rotatable bonds is 7. The summed E-state index contributed by atoms with van der Waals surface area (Å²) >= 11 is 0. The van der Waals surface area contributed by atoms with E-state index < -0.39 is 0 Å². The highest BCUT2D eigenvalue weighted by molar-refractivity contribution is 6.07. The SMILES string of the molecule is CCN(C(=O)c1cncc(C(=O)N(C)CCc2ccncc2)c1)c1ccccc1. The molecule has 0 spiro atoms. The molecular weight excluding hydrogens is 364 g/mol. The van der Waals surface area contributed by atoms with E-state index in [0.717, 1.165) is 17.7 Å². The molecule has 0 aliphatic rings. The van der Waals surface area contributed by atoms with E-state index in [9.17, 15) is 9.59 Å². The molecule has 6 nitrogen and oxygen atoms in total. The molecule has 0 aliphatic carbocycles. The topological polar surface area (TPSA) is 66.4 Å². The minimum Gasteiger partial charge on any atom is -0.341 e. The predicted octanol–water partition coefficient (Wildman–Crippen LogP) is 3.46. The summed E-state index contributed by atoms with van der Waals surface area (Å²) in [7, 11) is 1.75. The summed E-state index contributed by atoms with van der Waals surface area (Å²) in [5.74, 6) is -0.343. The number of benzene rings is 1. The molecule has 0 saturated carbocycles. The summed E-state index contributed by atoms with van der Waals surface area (Å²) < 4.78 is 0. The zero-order valence-electron chi connectivity index (χ0n) is 16.7. The minimum atomic E-state index is -0.180. The molecule has 0 aliphatic heterocycles. The monoisotopic (exact) mass is 388 g/mol. The summed E-state index contributed by atoms with van der Waals surface area (Å²) in [6.45, 7) is 3.00. The fourth-order valence-electron chi connectivity index (χ4n) is 3.05. The van der Waals surface area contributed by atoms with Crippen LogP contribution in [-0.2, 0) is 6.42 Å². The van der Waals surface area contributed by atoms with Crippen LogP contribution in [0.1, 0.15) is 33.2 Å². The maximum Gasteiger partial charge on any atom is 0.259 e. The fourth-order valence-corrected chi connectivity index (χ4v) is 3.05. The molecule has 0 fully saturated rings. The van der Waals surface area contributed by atoms with Gasteiger partial charge in [0.25, 0.3) is 11.8 Å². The molecule has 1 aromatic carbocycles. The standard InChI is InChI=1S/C23H24N4O2/c1-3-27(21-7-5-4-6-8-21)23(29)20-15-19(16-25-17-20)22(28)26(2)14-11-18-9-12-24-13-10-18/h4-10,12-13,15-17H,3,11,14H2,1-2H3. The van der Waals surface area contributed by atoms with Crippen molar-refractivity contribution < 1.29 is 9.59 Å². The van der Waals surface area contributed by atoms with Crippen molar-refractivity contribution in [3.8, 4) is 0 Å². The van der Waals surface area contributed by atoms with Crippen molar-refractivity contribution in [2.24, 2.45) is 0 Å². The van der Waals surface area contributed by atoms with Gasteiger partial charge in [-0.05, 0) is 49.2 Å². The quantitative estimate of drug-likeness (QED) is 0.622. The Hall–Kier alpha value is -3.54. The average Bonchev–Trinajstić information content (AvgIpc) is 2.79. The fraction of sp³-hybridized carbons (Fsp3) is 0.217. The maximum atomic E-state index is 13.0. The number of nitrogens with zero attached hydrogens (tertiary/aromatic N) is 4. The van der Waals surface area contributed by atoms with Crippen LogP contribution in [0.5, 0.6) is 0 Å². The predicted molar refractivity (Wildman–Crippen MR) is 113 cm³/mol. The van der Waals surface area contributed by atoms with Gasteiger partial charge in [-0.3, -0.25) is 19.6 Å². The lowest BCUT2D eigenvalue weighted by Gasteiger charge is -2.21. The Morgan fingerprint density at radius 3 is 2.21 bits per heavy atom. The van der Waals surface area contributed by atoms with Crippen LogP contribution in [0.3, 0.4) is 0 Å². The van der Waals surface area contributed by atoms with Crippen LogP contribution in [0.15, 0.2) is 73.3 Å². The normalized spacial score (nSPS) is 10.4. The highest BCUT2D eigenvalue weighted by atomic mass is 16.2. The van der Waals surface area contributed by atoms with E-state index in [4.69, 9.17) is 0 Å². The zero-order valence-corrected chi connectivity index (χ0v) is 16.7. The number of pyridine rings is 2. The van der Waals surface area contributed by atoms with Crippen LogP contribution >= 0.6 is 0 Å². The van der Waals surface area contributed by atoms with E-state index in [1.807, 2.05) is 49.4 Å². The van der Waals surface area contributed by atoms with Crippen molar-refractivity contribution in [2.75, 3.05) is 25.0 Å². The number of hydrogen-bond donors (Lipinski definition) is 0. The van der Waals surface area contributed by atoms with Gasteiger partial charge in [0.2, 0.25) is 0 Å². The molecule has 0 saturated heterocycles. The van der Waals surface area contributed by atoms with E-state index in [0.29, 0.717) is 24.2 Å². The second kappa shape index (κ2) is 9.59. The molecule has 2 amide bonds. The number of carbonyl (C=O) groups excluding carboxylic acids is 2.